The van der Waals surface area contributed by atoms with Gasteiger partial charge in [0.25, 0.3) is 0 Å². The van der Waals surface area contributed by atoms with E-state index in [0.29, 0.717) is 19.6 Å². The minimum atomic E-state index is 0.0599. The number of amides is 1. The van der Waals surface area contributed by atoms with Gasteiger partial charge in [-0.1, -0.05) is 60.7 Å². The van der Waals surface area contributed by atoms with Crippen molar-refractivity contribution in [1.29, 1.82) is 0 Å². The molecule has 0 radical (unpaired) electrons. The molecule has 7 nitrogen and oxygen atoms in total. The number of piperazine rings is 1. The van der Waals surface area contributed by atoms with Crippen LogP contribution < -0.4 is 4.90 Å². The topological polar surface area (TPSA) is 53.8 Å². The number of rotatable bonds is 8. The van der Waals surface area contributed by atoms with Crippen molar-refractivity contribution < 1.29 is 9.53 Å². The molecule has 3 aromatic carbocycles. The Kier molecular flexibility index (Phi) is 7.88. The molecule has 2 saturated heterocycles. The van der Waals surface area contributed by atoms with Crippen molar-refractivity contribution in [2.24, 2.45) is 0 Å². The van der Waals surface area contributed by atoms with E-state index in [9.17, 15) is 4.79 Å². The van der Waals surface area contributed by atoms with Crippen LogP contribution in [0.3, 0.4) is 0 Å². The third kappa shape index (κ3) is 5.84. The first-order valence-electron chi connectivity index (χ1n) is 14.2. The smallest absolute Gasteiger partial charge is 0.222 e. The Morgan fingerprint density at radius 1 is 0.821 bits per heavy atom. The number of aromatic nitrogens is 2. The Labute approximate surface area is 230 Å². The van der Waals surface area contributed by atoms with E-state index in [1.165, 1.54) is 16.8 Å². The van der Waals surface area contributed by atoms with Crippen molar-refractivity contribution >= 4 is 22.6 Å². The lowest BCUT2D eigenvalue weighted by Crippen LogP contribution is -2.47. The highest BCUT2D eigenvalue weighted by Gasteiger charge is 2.22. The maximum absolute atomic E-state index is 12.5. The first-order valence-corrected chi connectivity index (χ1v) is 14.2. The largest absolute Gasteiger partial charge is 0.378 e. The molecule has 0 spiro atoms. The van der Waals surface area contributed by atoms with Gasteiger partial charge in [-0.2, -0.15) is 0 Å². The highest BCUT2D eigenvalue weighted by Crippen LogP contribution is 2.32. The SMILES string of the molecule is O=C(CCCN1CCN(c2ccc3ncn(C(c4ccccc4)c4ccccc4)c3c2)CC1)N1CCOCC1. The summed E-state index contributed by atoms with van der Waals surface area (Å²) < 4.78 is 7.67. The van der Waals surface area contributed by atoms with Crippen LogP contribution in [0.5, 0.6) is 0 Å². The summed E-state index contributed by atoms with van der Waals surface area (Å²) in [6.45, 7) is 7.77. The van der Waals surface area contributed by atoms with Crippen LogP contribution in [-0.2, 0) is 9.53 Å². The monoisotopic (exact) mass is 523 g/mol. The van der Waals surface area contributed by atoms with E-state index in [2.05, 4.69) is 93.2 Å². The number of anilines is 1. The van der Waals surface area contributed by atoms with Crippen LogP contribution in [0.15, 0.2) is 85.2 Å². The van der Waals surface area contributed by atoms with Gasteiger partial charge in [-0.05, 0) is 42.3 Å². The first-order chi connectivity index (χ1) is 19.3. The Morgan fingerprint density at radius 3 is 2.15 bits per heavy atom. The molecule has 202 valence electrons. The van der Waals surface area contributed by atoms with Crippen molar-refractivity contribution in [2.75, 3.05) is 63.9 Å². The lowest BCUT2D eigenvalue weighted by molar-refractivity contribution is -0.135. The van der Waals surface area contributed by atoms with Gasteiger partial charge < -0.3 is 19.1 Å². The second kappa shape index (κ2) is 12.0. The maximum Gasteiger partial charge on any atom is 0.222 e. The number of carbonyl (C=O) groups excluding carboxylic acids is 1. The number of hydrogen-bond donors (Lipinski definition) is 0. The number of imidazole rings is 1. The van der Waals surface area contributed by atoms with Crippen molar-refractivity contribution in [1.82, 2.24) is 19.4 Å². The number of carbonyl (C=O) groups is 1. The van der Waals surface area contributed by atoms with E-state index in [4.69, 9.17) is 9.72 Å². The molecule has 1 amide bonds. The predicted octanol–water partition coefficient (Wildman–Crippen LogP) is 4.44. The molecular formula is C32H37N5O2. The van der Waals surface area contributed by atoms with Crippen molar-refractivity contribution in [3.8, 4) is 0 Å². The number of fused-ring (bicyclic) bond motifs is 1. The number of morpholine rings is 1. The first kappa shape index (κ1) is 25.6. The highest BCUT2D eigenvalue weighted by atomic mass is 16.5. The summed E-state index contributed by atoms with van der Waals surface area (Å²) in [4.78, 5) is 24.1. The number of nitrogens with zero attached hydrogens (tertiary/aromatic N) is 5. The molecule has 1 aromatic heterocycles. The van der Waals surface area contributed by atoms with Gasteiger partial charge in [0.1, 0.15) is 0 Å². The van der Waals surface area contributed by atoms with Crippen molar-refractivity contribution in [2.45, 2.75) is 18.9 Å². The molecule has 2 aliphatic rings. The Hall–Kier alpha value is -3.68. The van der Waals surface area contributed by atoms with Crippen molar-refractivity contribution in [3.63, 3.8) is 0 Å². The summed E-state index contributed by atoms with van der Waals surface area (Å²) >= 11 is 0. The fourth-order valence-electron chi connectivity index (χ4n) is 5.86. The molecule has 7 heteroatoms. The van der Waals surface area contributed by atoms with Gasteiger partial charge in [-0.25, -0.2) is 4.98 Å². The van der Waals surface area contributed by atoms with E-state index in [1.54, 1.807) is 0 Å². The number of hydrogen-bond acceptors (Lipinski definition) is 5. The maximum atomic E-state index is 12.5. The third-order valence-electron chi connectivity index (χ3n) is 8.03. The van der Waals surface area contributed by atoms with Crippen molar-refractivity contribution in [3.05, 3.63) is 96.3 Å². The standard InChI is InChI=1S/C32H37N5O2/c38-31(36-20-22-39-23-21-36)12-7-15-34-16-18-35(19-17-34)28-13-14-29-30(24-28)37(25-33-29)32(26-8-3-1-4-9-26)27-10-5-2-6-11-27/h1-6,8-11,13-14,24-25,32H,7,12,15-23H2. The Balaban J connectivity index is 1.13. The van der Waals surface area contributed by atoms with E-state index in [1.807, 2.05) is 11.2 Å². The molecule has 0 aliphatic carbocycles. The molecule has 3 heterocycles. The molecule has 0 bridgehead atoms. The number of benzene rings is 3. The van der Waals surface area contributed by atoms with Crippen LogP contribution in [0.25, 0.3) is 11.0 Å². The minimum Gasteiger partial charge on any atom is -0.378 e. The average Bonchev–Trinajstić information content (AvgIpc) is 3.42. The van der Waals surface area contributed by atoms with Gasteiger partial charge in [-0.3, -0.25) is 9.69 Å². The normalized spacial score (nSPS) is 16.7. The van der Waals surface area contributed by atoms with Gasteiger partial charge in [-0.15, -0.1) is 0 Å². The zero-order valence-electron chi connectivity index (χ0n) is 22.5. The average molecular weight is 524 g/mol. The lowest BCUT2D eigenvalue weighted by Gasteiger charge is -2.36. The summed E-state index contributed by atoms with van der Waals surface area (Å²) in [5, 5.41) is 0. The molecule has 4 aromatic rings. The van der Waals surface area contributed by atoms with Crippen LogP contribution in [0.2, 0.25) is 0 Å². The van der Waals surface area contributed by atoms with Gasteiger partial charge in [0, 0.05) is 51.4 Å². The Bertz CT molecular complexity index is 1320. The zero-order valence-corrected chi connectivity index (χ0v) is 22.5. The second-order valence-corrected chi connectivity index (χ2v) is 10.5. The van der Waals surface area contributed by atoms with Crippen LogP contribution in [-0.4, -0.2) is 84.3 Å². The van der Waals surface area contributed by atoms with Gasteiger partial charge in [0.15, 0.2) is 0 Å². The van der Waals surface area contributed by atoms with Gasteiger partial charge in [0.2, 0.25) is 5.91 Å². The molecule has 2 aliphatic heterocycles. The second-order valence-electron chi connectivity index (χ2n) is 10.5. The molecule has 0 unspecified atom stereocenters. The van der Waals surface area contributed by atoms with E-state index >= 15 is 0 Å². The van der Waals surface area contributed by atoms with Crippen LogP contribution in [0, 0.1) is 0 Å². The summed E-state index contributed by atoms with van der Waals surface area (Å²) in [6, 6.07) is 28.1. The fraction of sp³-hybridized carbons (Fsp3) is 0.375. The third-order valence-corrected chi connectivity index (χ3v) is 8.03. The van der Waals surface area contributed by atoms with Crippen LogP contribution in [0.4, 0.5) is 5.69 Å². The molecule has 0 saturated carbocycles. The van der Waals surface area contributed by atoms with E-state index < -0.39 is 0 Å². The molecular weight excluding hydrogens is 486 g/mol. The molecule has 39 heavy (non-hydrogen) atoms. The summed E-state index contributed by atoms with van der Waals surface area (Å²) in [5.41, 5.74) is 5.89. The van der Waals surface area contributed by atoms with Crippen LogP contribution >= 0.6 is 0 Å². The highest BCUT2D eigenvalue weighted by molar-refractivity contribution is 5.80. The van der Waals surface area contributed by atoms with Gasteiger partial charge in [0.05, 0.1) is 36.6 Å². The Morgan fingerprint density at radius 2 is 1.49 bits per heavy atom. The quantitative estimate of drug-likeness (QED) is 0.342. The summed E-state index contributed by atoms with van der Waals surface area (Å²) in [6.07, 6.45) is 3.53. The molecule has 0 atom stereocenters. The molecule has 2 fully saturated rings. The van der Waals surface area contributed by atoms with E-state index in [0.717, 1.165) is 63.3 Å². The van der Waals surface area contributed by atoms with Crippen LogP contribution in [0.1, 0.15) is 30.0 Å². The van der Waals surface area contributed by atoms with E-state index in [-0.39, 0.29) is 11.9 Å². The lowest BCUT2D eigenvalue weighted by atomic mass is 9.98. The summed E-state index contributed by atoms with van der Waals surface area (Å²) in [5.74, 6) is 0.270. The molecule has 6 rings (SSSR count). The zero-order chi connectivity index (χ0) is 26.4. The summed E-state index contributed by atoms with van der Waals surface area (Å²) in [7, 11) is 0. The minimum absolute atomic E-state index is 0.0599. The van der Waals surface area contributed by atoms with Gasteiger partial charge >= 0.3 is 0 Å². The predicted molar refractivity (Wildman–Crippen MR) is 155 cm³/mol. The number of ether oxygens (including phenoxy) is 1. The fourth-order valence-corrected chi connectivity index (χ4v) is 5.86. The molecule has 0 N–H and O–H groups in total.